The van der Waals surface area contributed by atoms with Gasteiger partial charge < -0.3 is 5.32 Å². The number of thioether (sulfide) groups is 1. The van der Waals surface area contributed by atoms with Gasteiger partial charge in [-0.25, -0.2) is 4.98 Å². The van der Waals surface area contributed by atoms with Gasteiger partial charge in [-0.1, -0.05) is 18.7 Å². The summed E-state index contributed by atoms with van der Waals surface area (Å²) in [6, 6.07) is 0. The second-order valence-electron chi connectivity index (χ2n) is 3.42. The topological polar surface area (TPSA) is 37.8 Å². The first-order valence-electron chi connectivity index (χ1n) is 5.08. The van der Waals surface area contributed by atoms with Gasteiger partial charge in [0.1, 0.15) is 5.82 Å². The quantitative estimate of drug-likeness (QED) is 0.859. The molecule has 78 valence electrons. The van der Waals surface area contributed by atoms with E-state index in [1.54, 1.807) is 11.5 Å². The molecule has 0 saturated carbocycles. The Bertz CT molecular complexity index is 281. The van der Waals surface area contributed by atoms with Crippen molar-refractivity contribution in [2.75, 3.05) is 13.1 Å². The minimum Gasteiger partial charge on any atom is -0.316 e. The van der Waals surface area contributed by atoms with Gasteiger partial charge in [0.05, 0.1) is 0 Å². The fourth-order valence-electron chi connectivity index (χ4n) is 1.49. The summed E-state index contributed by atoms with van der Waals surface area (Å²) >= 11 is 3.42. The van der Waals surface area contributed by atoms with Gasteiger partial charge in [-0.05, 0) is 30.9 Å². The number of aryl methyl sites for hydroxylation is 1. The molecule has 1 aliphatic rings. The first kappa shape index (κ1) is 10.4. The lowest BCUT2D eigenvalue weighted by molar-refractivity contribution is 0.531. The van der Waals surface area contributed by atoms with Crippen molar-refractivity contribution in [3.05, 3.63) is 5.82 Å². The van der Waals surface area contributed by atoms with Crippen molar-refractivity contribution in [1.82, 2.24) is 14.7 Å². The molecule has 3 nitrogen and oxygen atoms in total. The first-order valence-corrected chi connectivity index (χ1v) is 6.73. The zero-order valence-electron chi connectivity index (χ0n) is 8.32. The monoisotopic (exact) mass is 229 g/mol. The molecule has 1 aromatic heterocycles. The van der Waals surface area contributed by atoms with Crippen LogP contribution >= 0.6 is 23.3 Å². The number of nitrogens with one attached hydrogen (secondary N) is 1. The van der Waals surface area contributed by atoms with E-state index in [4.69, 9.17) is 0 Å². The third kappa shape index (κ3) is 2.68. The van der Waals surface area contributed by atoms with Crippen LogP contribution in [0.3, 0.4) is 0 Å². The van der Waals surface area contributed by atoms with Gasteiger partial charge in [0.25, 0.3) is 0 Å². The lowest BCUT2D eigenvalue weighted by Gasteiger charge is -2.20. The Labute approximate surface area is 92.9 Å². The van der Waals surface area contributed by atoms with E-state index in [1.165, 1.54) is 19.4 Å². The summed E-state index contributed by atoms with van der Waals surface area (Å²) in [7, 11) is 0. The average molecular weight is 229 g/mol. The van der Waals surface area contributed by atoms with Gasteiger partial charge >= 0.3 is 0 Å². The Kier molecular flexibility index (Phi) is 3.78. The minimum atomic E-state index is 0.696. The number of piperidine rings is 1. The van der Waals surface area contributed by atoms with E-state index in [0.717, 1.165) is 23.1 Å². The number of nitrogens with zero attached hydrogens (tertiary/aromatic N) is 2. The number of rotatable bonds is 3. The highest BCUT2D eigenvalue weighted by Crippen LogP contribution is 2.28. The van der Waals surface area contributed by atoms with Crippen LogP contribution in [-0.2, 0) is 6.42 Å². The Hall–Kier alpha value is -0.130. The molecule has 0 aromatic carbocycles. The summed E-state index contributed by atoms with van der Waals surface area (Å²) in [5, 5.41) is 4.11. The number of hydrogen-bond donors (Lipinski definition) is 1. The summed E-state index contributed by atoms with van der Waals surface area (Å²) in [6.45, 7) is 4.39. The standard InChI is InChI=1S/C9H15N3S2/c1-2-8-11-9(14-12-8)13-7-4-3-5-10-6-7/h7,10H,2-6H2,1H3. The van der Waals surface area contributed by atoms with Gasteiger partial charge in [0.2, 0.25) is 0 Å². The zero-order valence-corrected chi connectivity index (χ0v) is 9.96. The van der Waals surface area contributed by atoms with Crippen LogP contribution in [0.25, 0.3) is 0 Å². The molecule has 1 fully saturated rings. The van der Waals surface area contributed by atoms with Crippen molar-refractivity contribution in [2.24, 2.45) is 0 Å². The van der Waals surface area contributed by atoms with E-state index in [9.17, 15) is 0 Å². The van der Waals surface area contributed by atoms with Crippen molar-refractivity contribution in [1.29, 1.82) is 0 Å². The molecule has 1 aromatic rings. The smallest absolute Gasteiger partial charge is 0.170 e. The maximum Gasteiger partial charge on any atom is 0.170 e. The Morgan fingerprint density at radius 3 is 3.21 bits per heavy atom. The Balaban J connectivity index is 1.89. The van der Waals surface area contributed by atoms with Crippen LogP contribution in [0, 0.1) is 0 Å². The summed E-state index contributed by atoms with van der Waals surface area (Å²) in [5.41, 5.74) is 0. The molecule has 1 N–H and O–H groups in total. The maximum absolute atomic E-state index is 4.47. The predicted octanol–water partition coefficient (Wildman–Crippen LogP) is 1.94. The minimum absolute atomic E-state index is 0.696. The molecule has 0 bridgehead atoms. The van der Waals surface area contributed by atoms with Crippen LogP contribution in [0.4, 0.5) is 0 Å². The normalized spacial score (nSPS) is 22.5. The number of hydrogen-bond acceptors (Lipinski definition) is 5. The first-order chi connectivity index (χ1) is 6.88. The van der Waals surface area contributed by atoms with E-state index < -0.39 is 0 Å². The van der Waals surface area contributed by atoms with Crippen LogP contribution < -0.4 is 5.32 Å². The Morgan fingerprint density at radius 2 is 2.57 bits per heavy atom. The average Bonchev–Trinajstić information content (AvgIpc) is 2.67. The van der Waals surface area contributed by atoms with E-state index >= 15 is 0 Å². The lowest BCUT2D eigenvalue weighted by atomic mass is 10.2. The van der Waals surface area contributed by atoms with E-state index in [1.807, 2.05) is 11.8 Å². The molecule has 0 spiro atoms. The van der Waals surface area contributed by atoms with Gasteiger partial charge in [-0.3, -0.25) is 0 Å². The lowest BCUT2D eigenvalue weighted by Crippen LogP contribution is -2.31. The molecule has 0 aliphatic carbocycles. The summed E-state index contributed by atoms with van der Waals surface area (Å²) in [4.78, 5) is 4.47. The SMILES string of the molecule is CCc1nsc(SC2CCCNC2)n1. The Morgan fingerprint density at radius 1 is 1.64 bits per heavy atom. The highest BCUT2D eigenvalue weighted by Gasteiger charge is 2.16. The van der Waals surface area contributed by atoms with E-state index in [2.05, 4.69) is 21.6 Å². The van der Waals surface area contributed by atoms with Crippen LogP contribution in [0.2, 0.25) is 0 Å². The van der Waals surface area contributed by atoms with Crippen LogP contribution in [0.1, 0.15) is 25.6 Å². The third-order valence-corrected chi connectivity index (χ3v) is 4.38. The van der Waals surface area contributed by atoms with Gasteiger partial charge in [0.15, 0.2) is 4.34 Å². The molecule has 2 heterocycles. The molecule has 1 saturated heterocycles. The fourth-order valence-corrected chi connectivity index (χ4v) is 3.61. The van der Waals surface area contributed by atoms with Crippen molar-refractivity contribution >= 4 is 23.3 Å². The molecule has 1 atom stereocenters. The van der Waals surface area contributed by atoms with Crippen molar-refractivity contribution < 1.29 is 0 Å². The molecule has 2 rings (SSSR count). The summed E-state index contributed by atoms with van der Waals surface area (Å²) < 4.78 is 5.42. The second-order valence-corrected chi connectivity index (χ2v) is 5.72. The number of aromatic nitrogens is 2. The van der Waals surface area contributed by atoms with Gasteiger partial charge in [-0.2, -0.15) is 4.37 Å². The summed E-state index contributed by atoms with van der Waals surface area (Å²) in [5.74, 6) is 0.987. The molecule has 14 heavy (non-hydrogen) atoms. The molecule has 0 amide bonds. The van der Waals surface area contributed by atoms with E-state index in [-0.39, 0.29) is 0 Å². The highest BCUT2D eigenvalue weighted by molar-refractivity contribution is 8.01. The van der Waals surface area contributed by atoms with Crippen molar-refractivity contribution in [3.8, 4) is 0 Å². The van der Waals surface area contributed by atoms with Crippen molar-refractivity contribution in [2.45, 2.75) is 35.8 Å². The molecular weight excluding hydrogens is 214 g/mol. The molecule has 1 unspecified atom stereocenters. The highest BCUT2D eigenvalue weighted by atomic mass is 32.2. The van der Waals surface area contributed by atoms with Crippen LogP contribution in [0.5, 0.6) is 0 Å². The summed E-state index contributed by atoms with van der Waals surface area (Å²) in [6.07, 6.45) is 3.54. The van der Waals surface area contributed by atoms with Gasteiger partial charge in [-0.15, -0.1) is 0 Å². The maximum atomic E-state index is 4.47. The largest absolute Gasteiger partial charge is 0.316 e. The molecular formula is C9H15N3S2. The second kappa shape index (κ2) is 5.09. The van der Waals surface area contributed by atoms with Gasteiger partial charge in [0, 0.05) is 18.2 Å². The molecule has 1 aliphatic heterocycles. The zero-order chi connectivity index (χ0) is 9.80. The predicted molar refractivity (Wildman–Crippen MR) is 61.0 cm³/mol. The fraction of sp³-hybridized carbons (Fsp3) is 0.778. The third-order valence-electron chi connectivity index (χ3n) is 2.28. The van der Waals surface area contributed by atoms with Crippen LogP contribution in [0.15, 0.2) is 4.34 Å². The molecule has 5 heteroatoms. The molecule has 0 radical (unpaired) electrons. The van der Waals surface area contributed by atoms with Crippen molar-refractivity contribution in [3.63, 3.8) is 0 Å². The van der Waals surface area contributed by atoms with E-state index in [0.29, 0.717) is 5.25 Å². The van der Waals surface area contributed by atoms with Crippen LogP contribution in [-0.4, -0.2) is 27.7 Å².